The number of nitrogens with one attached hydrogen (secondary N) is 1. The number of ether oxygens (including phenoxy) is 1. The molecule has 0 radical (unpaired) electrons. The Bertz CT molecular complexity index is 629. The zero-order valence-corrected chi connectivity index (χ0v) is 11.8. The van der Waals surface area contributed by atoms with E-state index in [0.29, 0.717) is 12.2 Å². The summed E-state index contributed by atoms with van der Waals surface area (Å²) in [6.45, 7) is 3.38. The number of nitrogens with zero attached hydrogens (tertiary/aromatic N) is 1. The van der Waals surface area contributed by atoms with Crippen LogP contribution >= 0.6 is 0 Å². The van der Waals surface area contributed by atoms with Gasteiger partial charge in [-0.25, -0.2) is 0 Å². The van der Waals surface area contributed by atoms with E-state index in [1.165, 1.54) is 5.56 Å². The number of rotatable bonds is 5. The van der Waals surface area contributed by atoms with E-state index in [4.69, 9.17) is 10.00 Å². The molecule has 0 amide bonds. The topological polar surface area (TPSA) is 45.0 Å². The summed E-state index contributed by atoms with van der Waals surface area (Å²) in [5.41, 5.74) is 5.17. The minimum atomic E-state index is 0.622. The van der Waals surface area contributed by atoms with Crippen LogP contribution in [0.1, 0.15) is 22.3 Å². The fourth-order valence-electron chi connectivity index (χ4n) is 2.08. The third-order valence-electron chi connectivity index (χ3n) is 3.15. The Hall–Kier alpha value is -2.31. The van der Waals surface area contributed by atoms with Crippen LogP contribution in [-0.4, -0.2) is 7.11 Å². The van der Waals surface area contributed by atoms with Crippen LogP contribution < -0.4 is 5.32 Å². The third kappa shape index (κ3) is 3.59. The van der Waals surface area contributed by atoms with E-state index in [1.54, 1.807) is 7.11 Å². The number of hydrogen-bond acceptors (Lipinski definition) is 3. The monoisotopic (exact) mass is 266 g/mol. The van der Waals surface area contributed by atoms with Crippen LogP contribution in [0.3, 0.4) is 0 Å². The van der Waals surface area contributed by atoms with Gasteiger partial charge in [0, 0.05) is 19.3 Å². The van der Waals surface area contributed by atoms with Crippen molar-refractivity contribution < 1.29 is 4.74 Å². The first kappa shape index (κ1) is 14.1. The number of anilines is 1. The highest BCUT2D eigenvalue weighted by molar-refractivity contribution is 5.55. The van der Waals surface area contributed by atoms with E-state index in [1.807, 2.05) is 31.2 Å². The molecule has 1 N–H and O–H groups in total. The lowest BCUT2D eigenvalue weighted by Gasteiger charge is -2.11. The van der Waals surface area contributed by atoms with Crippen molar-refractivity contribution in [1.82, 2.24) is 0 Å². The molecule has 0 fully saturated rings. The van der Waals surface area contributed by atoms with Crippen molar-refractivity contribution in [2.75, 3.05) is 12.4 Å². The standard InChI is InChI=1S/C17H18N2O/c1-13-6-7-14(10-18)9-17(13)19-11-15-4-3-5-16(8-15)12-20-2/h3-9,19H,11-12H2,1-2H3. The second-order valence-corrected chi connectivity index (χ2v) is 4.75. The Labute approximate surface area is 119 Å². The average Bonchev–Trinajstić information content (AvgIpc) is 2.47. The maximum absolute atomic E-state index is 8.94. The van der Waals surface area contributed by atoms with Gasteiger partial charge in [0.1, 0.15) is 0 Å². The normalized spacial score (nSPS) is 10.1. The van der Waals surface area contributed by atoms with Crippen molar-refractivity contribution in [3.8, 4) is 6.07 Å². The molecule has 0 saturated carbocycles. The molecule has 0 aliphatic heterocycles. The number of benzene rings is 2. The van der Waals surface area contributed by atoms with Crippen LogP contribution in [0, 0.1) is 18.3 Å². The zero-order chi connectivity index (χ0) is 14.4. The molecule has 0 atom stereocenters. The Morgan fingerprint density at radius 2 is 1.95 bits per heavy atom. The van der Waals surface area contributed by atoms with Crippen molar-refractivity contribution in [3.05, 3.63) is 64.7 Å². The molecule has 3 heteroatoms. The van der Waals surface area contributed by atoms with Crippen LogP contribution in [-0.2, 0) is 17.9 Å². The molecule has 0 aliphatic carbocycles. The first-order valence-corrected chi connectivity index (χ1v) is 6.54. The molecule has 0 aliphatic rings. The lowest BCUT2D eigenvalue weighted by atomic mass is 10.1. The Balaban J connectivity index is 2.09. The fraction of sp³-hybridized carbons (Fsp3) is 0.235. The van der Waals surface area contributed by atoms with Crippen LogP contribution in [0.25, 0.3) is 0 Å². The summed E-state index contributed by atoms with van der Waals surface area (Å²) in [4.78, 5) is 0. The smallest absolute Gasteiger partial charge is 0.0992 e. The molecule has 0 heterocycles. The van der Waals surface area contributed by atoms with Crippen molar-refractivity contribution in [1.29, 1.82) is 5.26 Å². The molecule has 0 bridgehead atoms. The summed E-state index contributed by atoms with van der Waals surface area (Å²) in [5, 5.41) is 12.3. The molecular weight excluding hydrogens is 248 g/mol. The molecule has 0 spiro atoms. The van der Waals surface area contributed by atoms with Crippen LogP contribution in [0.4, 0.5) is 5.69 Å². The quantitative estimate of drug-likeness (QED) is 0.899. The van der Waals surface area contributed by atoms with Crippen LogP contribution in [0.2, 0.25) is 0 Å². The van der Waals surface area contributed by atoms with Gasteiger partial charge in [0.2, 0.25) is 0 Å². The second-order valence-electron chi connectivity index (χ2n) is 4.75. The molecule has 2 aromatic carbocycles. The number of aryl methyl sites for hydroxylation is 1. The van der Waals surface area contributed by atoms with E-state index in [0.717, 1.165) is 23.4 Å². The highest BCUT2D eigenvalue weighted by Crippen LogP contribution is 2.18. The summed E-state index contributed by atoms with van der Waals surface area (Å²) in [7, 11) is 1.70. The predicted molar refractivity (Wildman–Crippen MR) is 80.4 cm³/mol. The van der Waals surface area contributed by atoms with E-state index < -0.39 is 0 Å². The van der Waals surface area contributed by atoms with Gasteiger partial charge in [0.15, 0.2) is 0 Å². The van der Waals surface area contributed by atoms with E-state index in [2.05, 4.69) is 29.6 Å². The highest BCUT2D eigenvalue weighted by Gasteiger charge is 2.01. The Morgan fingerprint density at radius 1 is 1.15 bits per heavy atom. The maximum Gasteiger partial charge on any atom is 0.0992 e. The first-order valence-electron chi connectivity index (χ1n) is 6.54. The molecule has 0 aromatic heterocycles. The number of methoxy groups -OCH3 is 1. The molecule has 2 rings (SSSR count). The molecular formula is C17H18N2O. The van der Waals surface area contributed by atoms with Crippen molar-refractivity contribution in [3.63, 3.8) is 0 Å². The molecule has 3 nitrogen and oxygen atoms in total. The van der Waals surface area contributed by atoms with Crippen LogP contribution in [0.5, 0.6) is 0 Å². The SMILES string of the molecule is COCc1cccc(CNc2cc(C#N)ccc2C)c1. The van der Waals surface area contributed by atoms with Crippen molar-refractivity contribution in [2.24, 2.45) is 0 Å². The van der Waals surface area contributed by atoms with Gasteiger partial charge in [-0.1, -0.05) is 30.3 Å². The van der Waals surface area contributed by atoms with Gasteiger partial charge >= 0.3 is 0 Å². The second kappa shape index (κ2) is 6.74. The lowest BCUT2D eigenvalue weighted by Crippen LogP contribution is -2.02. The van der Waals surface area contributed by atoms with E-state index in [-0.39, 0.29) is 0 Å². The molecule has 20 heavy (non-hydrogen) atoms. The van der Waals surface area contributed by atoms with Gasteiger partial charge in [0.05, 0.1) is 18.2 Å². The van der Waals surface area contributed by atoms with Gasteiger partial charge in [-0.2, -0.15) is 5.26 Å². The van der Waals surface area contributed by atoms with Gasteiger partial charge in [-0.15, -0.1) is 0 Å². The predicted octanol–water partition coefficient (Wildman–Crippen LogP) is 3.63. The molecule has 0 saturated heterocycles. The van der Waals surface area contributed by atoms with Crippen molar-refractivity contribution >= 4 is 5.69 Å². The summed E-state index contributed by atoms with van der Waals surface area (Å²) in [6.07, 6.45) is 0. The van der Waals surface area contributed by atoms with Gasteiger partial charge in [0.25, 0.3) is 0 Å². The highest BCUT2D eigenvalue weighted by atomic mass is 16.5. The summed E-state index contributed by atoms with van der Waals surface area (Å²) < 4.78 is 5.14. The molecule has 2 aromatic rings. The van der Waals surface area contributed by atoms with E-state index in [9.17, 15) is 0 Å². The first-order chi connectivity index (χ1) is 9.72. The van der Waals surface area contributed by atoms with E-state index >= 15 is 0 Å². The maximum atomic E-state index is 8.94. The minimum Gasteiger partial charge on any atom is -0.381 e. The third-order valence-corrected chi connectivity index (χ3v) is 3.15. The molecule has 102 valence electrons. The minimum absolute atomic E-state index is 0.622. The fourth-order valence-corrected chi connectivity index (χ4v) is 2.08. The number of nitriles is 1. The number of hydrogen-bond donors (Lipinski definition) is 1. The molecule has 0 unspecified atom stereocenters. The van der Waals surface area contributed by atoms with Crippen molar-refractivity contribution in [2.45, 2.75) is 20.1 Å². The summed E-state index contributed by atoms with van der Waals surface area (Å²) in [5.74, 6) is 0. The Morgan fingerprint density at radius 3 is 2.70 bits per heavy atom. The summed E-state index contributed by atoms with van der Waals surface area (Å²) in [6, 6.07) is 16.1. The Kier molecular flexibility index (Phi) is 4.75. The van der Waals surface area contributed by atoms with Crippen LogP contribution in [0.15, 0.2) is 42.5 Å². The van der Waals surface area contributed by atoms with Gasteiger partial charge in [-0.05, 0) is 35.7 Å². The largest absolute Gasteiger partial charge is 0.381 e. The van der Waals surface area contributed by atoms with Gasteiger partial charge < -0.3 is 10.1 Å². The lowest BCUT2D eigenvalue weighted by molar-refractivity contribution is 0.185. The zero-order valence-electron chi connectivity index (χ0n) is 11.8. The van der Waals surface area contributed by atoms with Gasteiger partial charge in [-0.3, -0.25) is 0 Å². The summed E-state index contributed by atoms with van der Waals surface area (Å²) >= 11 is 0. The average molecular weight is 266 g/mol.